The molecule has 0 radical (unpaired) electrons. The molecule has 1 atom stereocenters. The summed E-state index contributed by atoms with van der Waals surface area (Å²) in [6, 6.07) is 6.39. The number of hydrogen-bond donors (Lipinski definition) is 1. The lowest BCUT2D eigenvalue weighted by atomic mass is 10.3. The molecule has 3 heterocycles. The number of aromatic nitrogens is 4. The molecule has 14 heteroatoms. The van der Waals surface area contributed by atoms with Gasteiger partial charge in [0.05, 0.1) is 12.2 Å². The molecule has 1 unspecified atom stereocenters. The third-order valence-corrected chi connectivity index (χ3v) is 5.47. The molecule has 0 amide bonds. The van der Waals surface area contributed by atoms with E-state index in [0.717, 1.165) is 9.13 Å². The van der Waals surface area contributed by atoms with E-state index in [2.05, 4.69) is 10.3 Å². The lowest BCUT2D eigenvalue weighted by molar-refractivity contribution is -0.205. The average Bonchev–Trinajstić information content (AvgIpc) is 3.16. The summed E-state index contributed by atoms with van der Waals surface area (Å²) < 4.78 is 46.7. The Morgan fingerprint density at radius 3 is 2.64 bits per heavy atom. The second-order valence-electron chi connectivity index (χ2n) is 7.36. The summed E-state index contributed by atoms with van der Waals surface area (Å²) >= 11 is 6.14. The van der Waals surface area contributed by atoms with Crippen LogP contribution in [0.5, 0.6) is 0 Å². The number of fused-ring (bicyclic) bond motifs is 1. The highest BCUT2D eigenvalue weighted by Gasteiger charge is 2.44. The second kappa shape index (κ2) is 8.23. The van der Waals surface area contributed by atoms with Crippen molar-refractivity contribution in [3.8, 4) is 5.69 Å². The predicted molar refractivity (Wildman–Crippen MR) is 113 cm³/mol. The summed E-state index contributed by atoms with van der Waals surface area (Å²) in [6.07, 6.45) is -6.56. The van der Waals surface area contributed by atoms with Crippen molar-refractivity contribution in [2.45, 2.75) is 12.4 Å². The first-order chi connectivity index (χ1) is 15.5. The number of ether oxygens (including phenoxy) is 1. The zero-order chi connectivity index (χ0) is 24.1. The van der Waals surface area contributed by atoms with Crippen LogP contribution in [0, 0.1) is 0 Å². The number of piperazine rings is 1. The lowest BCUT2D eigenvalue weighted by Gasteiger charge is -2.36. The smallest absolute Gasteiger partial charge is 0.433 e. The minimum absolute atomic E-state index is 0.0105. The zero-order valence-corrected chi connectivity index (χ0v) is 18.1. The summed E-state index contributed by atoms with van der Waals surface area (Å²) in [6.45, 7) is 0.335. The molecule has 4 rings (SSSR count). The molecule has 2 aromatic heterocycles. The first kappa shape index (κ1) is 22.9. The Morgan fingerprint density at radius 1 is 1.24 bits per heavy atom. The molecule has 0 spiro atoms. The number of rotatable bonds is 3. The number of benzene rings is 1. The van der Waals surface area contributed by atoms with Gasteiger partial charge in [0.2, 0.25) is 5.95 Å². The molecule has 10 nitrogen and oxygen atoms in total. The maximum Gasteiger partial charge on any atom is 0.491 e. The number of nitrogens with one attached hydrogen (secondary N) is 1. The number of hydrogen-bond acceptors (Lipinski definition) is 7. The number of alkyl halides is 3. The predicted octanol–water partition coefficient (Wildman–Crippen LogP) is 0.917. The van der Waals surface area contributed by atoms with Crippen molar-refractivity contribution in [1.82, 2.24) is 24.0 Å². The monoisotopic (exact) mass is 486 g/mol. The fourth-order valence-electron chi connectivity index (χ4n) is 3.64. The van der Waals surface area contributed by atoms with Crippen LogP contribution in [0.3, 0.4) is 0 Å². The first-order valence-electron chi connectivity index (χ1n) is 9.70. The van der Waals surface area contributed by atoms with Gasteiger partial charge < -0.3 is 15.0 Å². The molecule has 176 valence electrons. The third kappa shape index (κ3) is 3.97. The normalized spacial score (nSPS) is 16.9. The van der Waals surface area contributed by atoms with Crippen LogP contribution in [-0.4, -0.2) is 56.7 Å². The zero-order valence-electron chi connectivity index (χ0n) is 17.4. The fraction of sp³-hybridized carbons (Fsp3) is 0.368. The molecule has 1 aliphatic rings. The van der Waals surface area contributed by atoms with E-state index in [1.807, 2.05) is 0 Å². The summed E-state index contributed by atoms with van der Waals surface area (Å²) in [5.41, 5.74) is -0.884. The van der Waals surface area contributed by atoms with Gasteiger partial charge in [0, 0.05) is 32.2 Å². The number of carbonyl (C=O) groups excluding carboxylic acids is 1. The largest absolute Gasteiger partial charge is 0.491 e. The number of carbonyl (C=O) groups is 1. The van der Waals surface area contributed by atoms with Crippen LogP contribution in [0.2, 0.25) is 5.02 Å². The highest BCUT2D eigenvalue weighted by molar-refractivity contribution is 6.30. The van der Waals surface area contributed by atoms with Crippen LogP contribution in [0.15, 0.2) is 33.9 Å². The van der Waals surface area contributed by atoms with Crippen molar-refractivity contribution in [1.29, 1.82) is 0 Å². The summed E-state index contributed by atoms with van der Waals surface area (Å²) in [4.78, 5) is 42.8. The molecule has 0 aliphatic carbocycles. The van der Waals surface area contributed by atoms with Crippen molar-refractivity contribution in [2.75, 3.05) is 24.5 Å². The summed E-state index contributed by atoms with van der Waals surface area (Å²) in [7, 11) is 2.72. The van der Waals surface area contributed by atoms with Gasteiger partial charge in [-0.05, 0) is 18.2 Å². The fourth-order valence-corrected chi connectivity index (χ4v) is 3.82. The number of anilines is 1. The molecule has 1 aliphatic heterocycles. The van der Waals surface area contributed by atoms with Crippen LogP contribution in [0.1, 0.15) is 0 Å². The number of nitrogens with zero attached hydrogens (tertiary/aromatic N) is 5. The topological polar surface area (TPSA) is 103 Å². The molecule has 1 aromatic carbocycles. The van der Waals surface area contributed by atoms with Gasteiger partial charge in [0.25, 0.3) is 5.56 Å². The molecule has 0 bridgehead atoms. The Hall–Kier alpha value is -3.32. The second-order valence-corrected chi connectivity index (χ2v) is 7.80. The van der Waals surface area contributed by atoms with Crippen LogP contribution in [0.4, 0.5) is 19.1 Å². The van der Waals surface area contributed by atoms with Gasteiger partial charge in [-0.2, -0.15) is 18.2 Å². The van der Waals surface area contributed by atoms with E-state index in [1.54, 1.807) is 18.2 Å². The van der Waals surface area contributed by atoms with Crippen LogP contribution in [0.25, 0.3) is 16.9 Å². The molecule has 3 aromatic rings. The Kier molecular flexibility index (Phi) is 5.70. The molecule has 0 saturated carbocycles. The average molecular weight is 487 g/mol. The van der Waals surface area contributed by atoms with E-state index in [-0.39, 0.29) is 30.2 Å². The van der Waals surface area contributed by atoms with Gasteiger partial charge in [-0.1, -0.05) is 17.7 Å². The molecular formula is C19H18ClF3N6O4. The maximum atomic E-state index is 13.1. The standard InChI is InChI=1S/C19H18ClF3N6O4/c1-26-14-13(15(30)27(2)18(26)32)29(11-5-3-4-10(20)8-11)17(25-14)28-7-6-24-9-12(28)33-16(31)19(21,22)23/h3-5,8,12,24H,6-7,9H2,1-2H3. The molecule has 1 saturated heterocycles. The Bertz CT molecular complexity index is 1360. The van der Waals surface area contributed by atoms with E-state index < -0.39 is 29.6 Å². The SMILES string of the molecule is Cn1c(=O)c2c(nc(N3CCNCC3OC(=O)C(F)(F)F)n2-c2cccc(Cl)c2)n(C)c1=O. The minimum atomic E-state index is -5.18. The number of aryl methyl sites for hydroxylation is 1. The lowest BCUT2D eigenvalue weighted by Crippen LogP contribution is -2.55. The van der Waals surface area contributed by atoms with E-state index in [9.17, 15) is 27.6 Å². The van der Waals surface area contributed by atoms with Gasteiger partial charge in [-0.15, -0.1) is 0 Å². The van der Waals surface area contributed by atoms with E-state index in [0.29, 0.717) is 17.3 Å². The van der Waals surface area contributed by atoms with Crippen molar-refractivity contribution >= 4 is 34.7 Å². The quantitative estimate of drug-likeness (QED) is 0.549. The van der Waals surface area contributed by atoms with Crippen molar-refractivity contribution in [3.05, 3.63) is 50.1 Å². The number of halogens is 4. The Balaban J connectivity index is 1.98. The highest BCUT2D eigenvalue weighted by Crippen LogP contribution is 2.29. The van der Waals surface area contributed by atoms with Gasteiger partial charge in [0.15, 0.2) is 17.4 Å². The van der Waals surface area contributed by atoms with Gasteiger partial charge in [0.1, 0.15) is 0 Å². The Morgan fingerprint density at radius 2 is 1.97 bits per heavy atom. The van der Waals surface area contributed by atoms with Crippen LogP contribution in [-0.2, 0) is 23.6 Å². The van der Waals surface area contributed by atoms with E-state index in [4.69, 9.17) is 16.3 Å². The van der Waals surface area contributed by atoms with E-state index >= 15 is 0 Å². The summed E-state index contributed by atoms with van der Waals surface area (Å²) in [5.74, 6) is -2.33. The van der Waals surface area contributed by atoms with Crippen molar-refractivity contribution in [2.24, 2.45) is 14.1 Å². The van der Waals surface area contributed by atoms with Gasteiger partial charge >= 0.3 is 17.8 Å². The molecule has 1 fully saturated rings. The number of imidazole rings is 1. The van der Waals surface area contributed by atoms with Crippen molar-refractivity contribution in [3.63, 3.8) is 0 Å². The molecule has 1 N–H and O–H groups in total. The van der Waals surface area contributed by atoms with E-state index in [1.165, 1.54) is 29.6 Å². The Labute approximate surface area is 188 Å². The molecular weight excluding hydrogens is 469 g/mol. The summed E-state index contributed by atoms with van der Waals surface area (Å²) in [5, 5.41) is 3.20. The maximum absolute atomic E-state index is 13.1. The van der Waals surface area contributed by atoms with Crippen LogP contribution >= 0.6 is 11.6 Å². The minimum Gasteiger partial charge on any atom is -0.433 e. The highest BCUT2D eigenvalue weighted by atomic mass is 35.5. The van der Waals surface area contributed by atoms with Gasteiger partial charge in [-0.25, -0.2) is 9.59 Å². The van der Waals surface area contributed by atoms with Crippen LogP contribution < -0.4 is 21.5 Å². The van der Waals surface area contributed by atoms with Gasteiger partial charge in [-0.3, -0.25) is 18.5 Å². The third-order valence-electron chi connectivity index (χ3n) is 5.23. The molecule has 33 heavy (non-hydrogen) atoms. The first-order valence-corrected chi connectivity index (χ1v) is 10.1. The number of esters is 1. The van der Waals surface area contributed by atoms with Crippen molar-refractivity contribution < 1.29 is 22.7 Å².